The molecule has 0 bridgehead atoms. The maximum atomic E-state index is 13.1. The second kappa shape index (κ2) is 11.6. The van der Waals surface area contributed by atoms with Crippen LogP contribution in [0.4, 0.5) is 10.1 Å². The van der Waals surface area contributed by atoms with Crippen LogP contribution in [0.3, 0.4) is 0 Å². The number of hydrazone groups is 1. The summed E-state index contributed by atoms with van der Waals surface area (Å²) in [7, 11) is -3.78. The molecule has 0 radical (unpaired) electrons. The quantitative estimate of drug-likeness (QED) is 0.412. The Labute approximate surface area is 197 Å². The molecule has 0 saturated carbocycles. The van der Waals surface area contributed by atoms with E-state index < -0.39 is 28.3 Å². The van der Waals surface area contributed by atoms with Crippen LogP contribution in [0.25, 0.3) is 0 Å². The summed E-state index contributed by atoms with van der Waals surface area (Å²) in [6.07, 6.45) is 2.33. The fourth-order valence-corrected chi connectivity index (χ4v) is 3.91. The fraction of sp³-hybridized carbons (Fsp3) is 0.318. The first-order valence-corrected chi connectivity index (χ1v) is 12.2. The van der Waals surface area contributed by atoms with Crippen LogP contribution in [0.5, 0.6) is 5.75 Å². The second-order valence-corrected chi connectivity index (χ2v) is 9.30. The lowest BCUT2D eigenvalue weighted by atomic mass is 10.2. The molecule has 34 heavy (non-hydrogen) atoms. The van der Waals surface area contributed by atoms with Crippen molar-refractivity contribution >= 4 is 33.7 Å². The van der Waals surface area contributed by atoms with Gasteiger partial charge in [0.2, 0.25) is 10.0 Å². The molecule has 182 valence electrons. The topological polar surface area (TPSA) is 118 Å². The van der Waals surface area contributed by atoms with Crippen molar-refractivity contribution in [2.75, 3.05) is 50.0 Å². The van der Waals surface area contributed by atoms with Crippen molar-refractivity contribution < 1.29 is 31.9 Å². The highest BCUT2D eigenvalue weighted by Gasteiger charge is 2.21. The molecule has 1 fully saturated rings. The highest BCUT2D eigenvalue weighted by molar-refractivity contribution is 7.92. The van der Waals surface area contributed by atoms with Crippen LogP contribution in [-0.4, -0.2) is 77.1 Å². The standard InChI is InChI=1S/C22H25FN4O6S/c1-34(30,31)27(19-6-4-18(23)5-7-19)15-21(28)25-24-14-17-2-8-20(9-3-17)33-16-22(29)26-10-12-32-13-11-26/h2-9,14H,10-13,15-16H2,1H3,(H,25,28)/b24-14-. The van der Waals surface area contributed by atoms with E-state index >= 15 is 0 Å². The first kappa shape index (κ1) is 25.1. The van der Waals surface area contributed by atoms with E-state index in [9.17, 15) is 22.4 Å². The monoisotopic (exact) mass is 492 g/mol. The maximum absolute atomic E-state index is 13.1. The molecule has 1 heterocycles. The van der Waals surface area contributed by atoms with E-state index in [1.807, 2.05) is 0 Å². The van der Waals surface area contributed by atoms with E-state index in [-0.39, 0.29) is 18.2 Å². The summed E-state index contributed by atoms with van der Waals surface area (Å²) in [5.41, 5.74) is 3.07. The maximum Gasteiger partial charge on any atom is 0.260 e. The van der Waals surface area contributed by atoms with Crippen LogP contribution in [0.1, 0.15) is 5.56 Å². The molecule has 2 aromatic carbocycles. The number of rotatable bonds is 9. The summed E-state index contributed by atoms with van der Waals surface area (Å²) in [6, 6.07) is 11.4. The molecule has 2 aromatic rings. The third-order valence-corrected chi connectivity index (χ3v) is 5.95. The number of sulfonamides is 1. The number of benzene rings is 2. The summed E-state index contributed by atoms with van der Waals surface area (Å²) in [6.45, 7) is 1.55. The summed E-state index contributed by atoms with van der Waals surface area (Å²) in [5.74, 6) is -0.801. The minimum atomic E-state index is -3.78. The molecule has 1 aliphatic heterocycles. The molecule has 2 amide bonds. The van der Waals surface area contributed by atoms with Gasteiger partial charge in [-0.15, -0.1) is 0 Å². The minimum absolute atomic E-state index is 0.0750. The minimum Gasteiger partial charge on any atom is -0.484 e. The van der Waals surface area contributed by atoms with E-state index in [0.717, 1.165) is 22.7 Å². The average Bonchev–Trinajstić information content (AvgIpc) is 2.82. The van der Waals surface area contributed by atoms with E-state index in [1.54, 1.807) is 29.2 Å². The van der Waals surface area contributed by atoms with Gasteiger partial charge < -0.3 is 14.4 Å². The number of amides is 2. The second-order valence-electron chi connectivity index (χ2n) is 7.39. The molecule has 0 unspecified atom stereocenters. The Morgan fingerprint density at radius 2 is 1.79 bits per heavy atom. The lowest BCUT2D eigenvalue weighted by Crippen LogP contribution is -2.42. The number of carbonyl (C=O) groups is 2. The molecular formula is C22H25FN4O6S. The number of carbonyl (C=O) groups excluding carboxylic acids is 2. The molecule has 1 aliphatic rings. The normalized spacial score (nSPS) is 14.1. The van der Waals surface area contributed by atoms with E-state index in [2.05, 4.69) is 10.5 Å². The third-order valence-electron chi connectivity index (χ3n) is 4.81. The Balaban J connectivity index is 1.49. The van der Waals surface area contributed by atoms with Crippen molar-refractivity contribution in [1.82, 2.24) is 10.3 Å². The van der Waals surface area contributed by atoms with Gasteiger partial charge in [-0.1, -0.05) is 0 Å². The summed E-state index contributed by atoms with van der Waals surface area (Å²) < 4.78 is 48.8. The molecule has 0 aromatic heterocycles. The lowest BCUT2D eigenvalue weighted by molar-refractivity contribution is -0.137. The first-order valence-electron chi connectivity index (χ1n) is 10.4. The van der Waals surface area contributed by atoms with Crippen LogP contribution in [0, 0.1) is 5.82 Å². The molecule has 12 heteroatoms. The Hall–Kier alpha value is -3.51. The molecule has 0 spiro atoms. The van der Waals surface area contributed by atoms with Crippen molar-refractivity contribution in [3.05, 3.63) is 59.9 Å². The van der Waals surface area contributed by atoms with Crippen LogP contribution in [-0.2, 0) is 24.3 Å². The first-order chi connectivity index (χ1) is 16.2. The van der Waals surface area contributed by atoms with Gasteiger partial charge in [-0.25, -0.2) is 18.2 Å². The number of nitrogens with zero attached hydrogens (tertiary/aromatic N) is 3. The van der Waals surface area contributed by atoms with Crippen LogP contribution in [0.2, 0.25) is 0 Å². The SMILES string of the molecule is CS(=O)(=O)N(CC(=O)N/N=C\c1ccc(OCC(=O)N2CCOCC2)cc1)c1ccc(F)cc1. The van der Waals surface area contributed by atoms with Gasteiger partial charge in [0.05, 0.1) is 31.4 Å². The van der Waals surface area contributed by atoms with E-state index in [1.165, 1.54) is 18.3 Å². The zero-order valence-corrected chi connectivity index (χ0v) is 19.3. The molecular weight excluding hydrogens is 467 g/mol. The van der Waals surface area contributed by atoms with Gasteiger partial charge in [0.25, 0.3) is 11.8 Å². The summed E-state index contributed by atoms with van der Waals surface area (Å²) in [5, 5.41) is 3.83. The van der Waals surface area contributed by atoms with Crippen LogP contribution < -0.4 is 14.5 Å². The highest BCUT2D eigenvalue weighted by Crippen LogP contribution is 2.17. The smallest absolute Gasteiger partial charge is 0.260 e. The number of morpholine rings is 1. The Bertz CT molecular complexity index is 1120. The van der Waals surface area contributed by atoms with Crippen molar-refractivity contribution in [2.45, 2.75) is 0 Å². The zero-order valence-electron chi connectivity index (χ0n) is 18.5. The third kappa shape index (κ3) is 7.52. The van der Waals surface area contributed by atoms with Gasteiger partial charge in [-0.05, 0) is 54.1 Å². The Kier molecular flexibility index (Phi) is 8.55. The fourth-order valence-electron chi connectivity index (χ4n) is 3.05. The van der Waals surface area contributed by atoms with Gasteiger partial charge in [-0.2, -0.15) is 5.10 Å². The molecule has 1 N–H and O–H groups in total. The van der Waals surface area contributed by atoms with Gasteiger partial charge in [-0.3, -0.25) is 13.9 Å². The van der Waals surface area contributed by atoms with Gasteiger partial charge in [0, 0.05) is 13.1 Å². The predicted molar refractivity (Wildman–Crippen MR) is 124 cm³/mol. The summed E-state index contributed by atoms with van der Waals surface area (Å²) in [4.78, 5) is 26.0. The summed E-state index contributed by atoms with van der Waals surface area (Å²) >= 11 is 0. The van der Waals surface area contributed by atoms with Crippen molar-refractivity contribution in [3.8, 4) is 5.75 Å². The van der Waals surface area contributed by atoms with Crippen LogP contribution in [0.15, 0.2) is 53.6 Å². The molecule has 0 aliphatic carbocycles. The molecule has 0 atom stereocenters. The molecule has 1 saturated heterocycles. The van der Waals surface area contributed by atoms with Gasteiger partial charge in [0.15, 0.2) is 6.61 Å². The average molecular weight is 493 g/mol. The molecule has 3 rings (SSSR count). The van der Waals surface area contributed by atoms with E-state index in [4.69, 9.17) is 9.47 Å². The Morgan fingerprint density at radius 3 is 2.41 bits per heavy atom. The zero-order chi connectivity index (χ0) is 24.6. The number of halogens is 1. The number of hydrogen-bond acceptors (Lipinski definition) is 7. The number of ether oxygens (including phenoxy) is 2. The largest absolute Gasteiger partial charge is 0.484 e. The predicted octanol–water partition coefficient (Wildman–Crippen LogP) is 0.980. The van der Waals surface area contributed by atoms with E-state index in [0.29, 0.717) is 37.6 Å². The van der Waals surface area contributed by atoms with Crippen molar-refractivity contribution in [1.29, 1.82) is 0 Å². The molecule has 10 nitrogen and oxygen atoms in total. The van der Waals surface area contributed by atoms with Crippen LogP contribution >= 0.6 is 0 Å². The Morgan fingerprint density at radius 1 is 1.15 bits per heavy atom. The van der Waals surface area contributed by atoms with Gasteiger partial charge >= 0.3 is 0 Å². The number of anilines is 1. The lowest BCUT2D eigenvalue weighted by Gasteiger charge is -2.26. The highest BCUT2D eigenvalue weighted by atomic mass is 32.2. The van der Waals surface area contributed by atoms with Crippen molar-refractivity contribution in [3.63, 3.8) is 0 Å². The number of nitrogens with one attached hydrogen (secondary N) is 1. The van der Waals surface area contributed by atoms with Gasteiger partial charge in [0.1, 0.15) is 18.1 Å². The number of hydrogen-bond donors (Lipinski definition) is 1. The van der Waals surface area contributed by atoms with Crippen molar-refractivity contribution in [2.24, 2.45) is 5.10 Å².